The number of fused-ring (bicyclic) bond motifs is 1. The number of methoxy groups -OCH3 is 1. The van der Waals surface area contributed by atoms with E-state index in [1.165, 1.54) is 14.0 Å². The van der Waals surface area contributed by atoms with Crippen molar-refractivity contribution in [2.24, 2.45) is 0 Å². The summed E-state index contributed by atoms with van der Waals surface area (Å²) in [5.74, 6) is 1.19. The van der Waals surface area contributed by atoms with Gasteiger partial charge in [-0.05, 0) is 48.2 Å². The molecule has 2 aromatic rings. The van der Waals surface area contributed by atoms with E-state index in [1.807, 2.05) is 26.0 Å². The summed E-state index contributed by atoms with van der Waals surface area (Å²) in [6.07, 6.45) is 0. The van der Waals surface area contributed by atoms with Crippen LogP contribution in [0.3, 0.4) is 0 Å². The molecule has 30 heavy (non-hydrogen) atoms. The second-order valence-corrected chi connectivity index (χ2v) is 9.00. The van der Waals surface area contributed by atoms with Crippen molar-refractivity contribution in [3.05, 3.63) is 47.5 Å². The standard InChI is InChI=1S/C21H26N2O6S/c1-13(2)16-6-8-18(27-4)20(10-16)30(25,26)23-14(3)21(24)22-11-15-5-7-17-19(9-15)29-12-28-17/h5-10,13-14,23H,11-12H2,1-4H3,(H,22,24). The molecule has 1 atom stereocenters. The van der Waals surface area contributed by atoms with E-state index in [0.29, 0.717) is 11.5 Å². The van der Waals surface area contributed by atoms with Gasteiger partial charge in [0, 0.05) is 6.54 Å². The van der Waals surface area contributed by atoms with Crippen LogP contribution in [0.15, 0.2) is 41.3 Å². The van der Waals surface area contributed by atoms with Crippen molar-refractivity contribution in [2.45, 2.75) is 44.2 Å². The average molecular weight is 435 g/mol. The summed E-state index contributed by atoms with van der Waals surface area (Å²) in [4.78, 5) is 12.5. The Labute approximate surface area is 176 Å². The summed E-state index contributed by atoms with van der Waals surface area (Å²) in [7, 11) is -2.56. The molecule has 1 aliphatic rings. The number of hydrogen-bond donors (Lipinski definition) is 2. The van der Waals surface area contributed by atoms with E-state index in [4.69, 9.17) is 14.2 Å². The Bertz CT molecular complexity index is 1040. The topological polar surface area (TPSA) is 103 Å². The minimum atomic E-state index is -3.97. The van der Waals surface area contributed by atoms with Crippen molar-refractivity contribution in [1.82, 2.24) is 10.0 Å². The van der Waals surface area contributed by atoms with E-state index in [0.717, 1.165) is 11.1 Å². The third-order valence-corrected chi connectivity index (χ3v) is 6.33. The van der Waals surface area contributed by atoms with Gasteiger partial charge in [0.25, 0.3) is 0 Å². The van der Waals surface area contributed by atoms with E-state index in [2.05, 4.69) is 10.0 Å². The Morgan fingerprint density at radius 1 is 1.10 bits per heavy atom. The minimum absolute atomic E-state index is 0.00613. The van der Waals surface area contributed by atoms with Crippen LogP contribution < -0.4 is 24.2 Å². The maximum absolute atomic E-state index is 12.9. The third-order valence-electron chi connectivity index (χ3n) is 4.77. The quantitative estimate of drug-likeness (QED) is 0.662. The van der Waals surface area contributed by atoms with Crippen molar-refractivity contribution in [3.63, 3.8) is 0 Å². The molecule has 8 nitrogen and oxygen atoms in total. The van der Waals surface area contributed by atoms with Crippen LogP contribution in [0.2, 0.25) is 0 Å². The molecular weight excluding hydrogens is 408 g/mol. The molecule has 0 saturated carbocycles. The molecule has 2 N–H and O–H groups in total. The van der Waals surface area contributed by atoms with Crippen LogP contribution in [0, 0.1) is 0 Å². The Hall–Kier alpha value is -2.78. The van der Waals surface area contributed by atoms with E-state index >= 15 is 0 Å². The summed E-state index contributed by atoms with van der Waals surface area (Å²) < 4.78 is 44.0. The van der Waals surface area contributed by atoms with Gasteiger partial charge in [0.1, 0.15) is 10.6 Å². The van der Waals surface area contributed by atoms with Crippen molar-refractivity contribution < 1.29 is 27.4 Å². The molecule has 162 valence electrons. The normalized spacial score (nSPS) is 13.9. The van der Waals surface area contributed by atoms with Crippen molar-refractivity contribution in [3.8, 4) is 17.2 Å². The molecule has 0 aliphatic carbocycles. The Balaban J connectivity index is 1.67. The van der Waals surface area contributed by atoms with Gasteiger partial charge in [-0.15, -0.1) is 0 Å². The zero-order valence-electron chi connectivity index (χ0n) is 17.4. The monoisotopic (exact) mass is 434 g/mol. The number of hydrogen-bond acceptors (Lipinski definition) is 6. The lowest BCUT2D eigenvalue weighted by Crippen LogP contribution is -2.44. The maximum atomic E-state index is 12.9. The van der Waals surface area contributed by atoms with Crippen molar-refractivity contribution in [2.75, 3.05) is 13.9 Å². The van der Waals surface area contributed by atoms with Gasteiger partial charge in [-0.1, -0.05) is 26.0 Å². The molecule has 1 unspecified atom stereocenters. The van der Waals surface area contributed by atoms with Crippen LogP contribution in [0.25, 0.3) is 0 Å². The molecule has 1 amide bonds. The fraction of sp³-hybridized carbons (Fsp3) is 0.381. The number of nitrogens with one attached hydrogen (secondary N) is 2. The number of benzene rings is 2. The molecule has 2 aromatic carbocycles. The van der Waals surface area contributed by atoms with Gasteiger partial charge in [-0.3, -0.25) is 4.79 Å². The predicted octanol–water partition coefficient (Wildman–Crippen LogP) is 2.53. The Morgan fingerprint density at radius 2 is 1.83 bits per heavy atom. The second-order valence-electron chi connectivity index (χ2n) is 7.31. The number of rotatable bonds is 8. The molecular formula is C21H26N2O6S. The third kappa shape index (κ3) is 4.85. The van der Waals surface area contributed by atoms with Gasteiger partial charge < -0.3 is 19.5 Å². The fourth-order valence-electron chi connectivity index (χ4n) is 3.01. The van der Waals surface area contributed by atoms with Gasteiger partial charge in [-0.25, -0.2) is 8.42 Å². The lowest BCUT2D eigenvalue weighted by molar-refractivity contribution is -0.122. The molecule has 0 spiro atoms. The van der Waals surface area contributed by atoms with Crippen molar-refractivity contribution in [1.29, 1.82) is 0 Å². The molecule has 0 radical (unpaired) electrons. The molecule has 0 saturated heterocycles. The first-order valence-electron chi connectivity index (χ1n) is 9.57. The minimum Gasteiger partial charge on any atom is -0.495 e. The van der Waals surface area contributed by atoms with Gasteiger partial charge in [0.05, 0.1) is 13.2 Å². The number of carbonyl (C=O) groups is 1. The summed E-state index contributed by atoms with van der Waals surface area (Å²) in [5.41, 5.74) is 1.67. The van der Waals surface area contributed by atoms with Gasteiger partial charge in [0.2, 0.25) is 22.7 Å². The Morgan fingerprint density at radius 3 is 2.53 bits per heavy atom. The lowest BCUT2D eigenvalue weighted by atomic mass is 10.0. The summed E-state index contributed by atoms with van der Waals surface area (Å²) in [6, 6.07) is 9.40. The van der Waals surface area contributed by atoms with Crippen LogP contribution in [-0.4, -0.2) is 34.3 Å². The molecule has 0 bridgehead atoms. The van der Waals surface area contributed by atoms with E-state index in [-0.39, 0.29) is 29.9 Å². The maximum Gasteiger partial charge on any atom is 0.244 e. The highest BCUT2D eigenvalue weighted by Crippen LogP contribution is 2.32. The van der Waals surface area contributed by atoms with Crippen LogP contribution in [0.1, 0.15) is 37.8 Å². The SMILES string of the molecule is COc1ccc(C(C)C)cc1S(=O)(=O)NC(C)C(=O)NCc1ccc2c(c1)OCO2. The van der Waals surface area contributed by atoms with Crippen molar-refractivity contribution >= 4 is 15.9 Å². The van der Waals surface area contributed by atoms with Crippen LogP contribution >= 0.6 is 0 Å². The van der Waals surface area contributed by atoms with E-state index < -0.39 is 22.0 Å². The van der Waals surface area contributed by atoms with Crippen LogP contribution in [0.5, 0.6) is 17.2 Å². The highest BCUT2D eigenvalue weighted by Gasteiger charge is 2.26. The van der Waals surface area contributed by atoms with Gasteiger partial charge in [0.15, 0.2) is 11.5 Å². The second kappa shape index (κ2) is 8.93. The molecule has 1 aliphatic heterocycles. The molecule has 0 fully saturated rings. The van der Waals surface area contributed by atoms with Crippen LogP contribution in [0.4, 0.5) is 0 Å². The zero-order chi connectivity index (χ0) is 21.9. The highest BCUT2D eigenvalue weighted by molar-refractivity contribution is 7.89. The average Bonchev–Trinajstić information content (AvgIpc) is 3.18. The first-order valence-corrected chi connectivity index (χ1v) is 11.1. The van der Waals surface area contributed by atoms with Crippen LogP contribution in [-0.2, 0) is 21.4 Å². The first kappa shape index (κ1) is 21.9. The number of amides is 1. The molecule has 0 aromatic heterocycles. The smallest absolute Gasteiger partial charge is 0.244 e. The van der Waals surface area contributed by atoms with Gasteiger partial charge in [-0.2, -0.15) is 4.72 Å². The predicted molar refractivity (Wildman–Crippen MR) is 111 cm³/mol. The fourth-order valence-corrected chi connectivity index (χ4v) is 4.41. The lowest BCUT2D eigenvalue weighted by Gasteiger charge is -2.17. The summed E-state index contributed by atoms with van der Waals surface area (Å²) in [6.45, 7) is 5.83. The first-order chi connectivity index (χ1) is 14.2. The molecule has 3 rings (SSSR count). The highest BCUT2D eigenvalue weighted by atomic mass is 32.2. The van der Waals surface area contributed by atoms with Gasteiger partial charge >= 0.3 is 0 Å². The summed E-state index contributed by atoms with van der Waals surface area (Å²) in [5, 5.41) is 2.73. The summed E-state index contributed by atoms with van der Waals surface area (Å²) >= 11 is 0. The van der Waals surface area contributed by atoms with E-state index in [1.54, 1.807) is 24.3 Å². The number of carbonyl (C=O) groups excluding carboxylic acids is 1. The largest absolute Gasteiger partial charge is 0.495 e. The Kier molecular flexibility index (Phi) is 6.52. The number of sulfonamides is 1. The number of ether oxygens (including phenoxy) is 3. The molecule has 1 heterocycles. The molecule has 9 heteroatoms. The zero-order valence-corrected chi connectivity index (χ0v) is 18.2. The van der Waals surface area contributed by atoms with E-state index in [9.17, 15) is 13.2 Å².